The summed E-state index contributed by atoms with van der Waals surface area (Å²) in [5.41, 5.74) is 3.75. The fourth-order valence-electron chi connectivity index (χ4n) is 3.04. The van der Waals surface area contributed by atoms with Gasteiger partial charge in [0.15, 0.2) is 5.65 Å². The highest BCUT2D eigenvalue weighted by Gasteiger charge is 2.19. The molecule has 6 nitrogen and oxygen atoms in total. The number of fused-ring (bicyclic) bond motifs is 3. The molecule has 0 spiro atoms. The van der Waals surface area contributed by atoms with Gasteiger partial charge in [0.05, 0.1) is 12.6 Å². The lowest BCUT2D eigenvalue weighted by Crippen LogP contribution is -2.15. The second-order valence-electron chi connectivity index (χ2n) is 6.14. The van der Waals surface area contributed by atoms with Crippen molar-refractivity contribution in [3.8, 4) is 0 Å². The number of aromatic nitrogens is 4. The third-order valence-corrected chi connectivity index (χ3v) is 5.28. The Labute approximate surface area is 160 Å². The SMILES string of the molecule is COC(=O)[C@@H](C)Sc1nnc2c3ccccc3n(Cc3ccccc3)c2n1. The highest BCUT2D eigenvalue weighted by atomic mass is 32.2. The molecule has 0 amide bonds. The van der Waals surface area contributed by atoms with Crippen molar-refractivity contribution >= 4 is 39.8 Å². The number of carbonyl (C=O) groups is 1. The van der Waals surface area contributed by atoms with Crippen LogP contribution in [-0.4, -0.2) is 38.1 Å². The molecule has 0 N–H and O–H groups in total. The summed E-state index contributed by atoms with van der Waals surface area (Å²) in [5, 5.41) is 9.69. The molecule has 0 aliphatic carbocycles. The molecule has 0 saturated heterocycles. The first kappa shape index (κ1) is 17.5. The first-order chi connectivity index (χ1) is 13.2. The van der Waals surface area contributed by atoms with Gasteiger partial charge in [0.1, 0.15) is 10.8 Å². The van der Waals surface area contributed by atoms with E-state index < -0.39 is 5.25 Å². The van der Waals surface area contributed by atoms with Crippen LogP contribution in [0.2, 0.25) is 0 Å². The third kappa shape index (κ3) is 3.38. The Bertz CT molecular complexity index is 1110. The normalized spacial score (nSPS) is 12.4. The lowest BCUT2D eigenvalue weighted by molar-refractivity contribution is -0.139. The quantitative estimate of drug-likeness (QED) is 0.390. The molecule has 0 aliphatic rings. The van der Waals surface area contributed by atoms with Crippen molar-refractivity contribution in [1.29, 1.82) is 0 Å². The molecule has 4 aromatic rings. The van der Waals surface area contributed by atoms with Crippen LogP contribution in [0.1, 0.15) is 12.5 Å². The van der Waals surface area contributed by atoms with E-state index >= 15 is 0 Å². The highest BCUT2D eigenvalue weighted by molar-refractivity contribution is 8.00. The number of ether oxygens (including phenoxy) is 1. The number of nitrogens with zero attached hydrogens (tertiary/aromatic N) is 4. The second-order valence-corrected chi connectivity index (χ2v) is 7.45. The molecule has 136 valence electrons. The molecule has 27 heavy (non-hydrogen) atoms. The Kier molecular flexibility index (Phi) is 4.77. The summed E-state index contributed by atoms with van der Waals surface area (Å²) < 4.78 is 6.92. The van der Waals surface area contributed by atoms with E-state index in [-0.39, 0.29) is 5.97 Å². The highest BCUT2D eigenvalue weighted by Crippen LogP contribution is 2.29. The first-order valence-corrected chi connectivity index (χ1v) is 9.45. The van der Waals surface area contributed by atoms with Crippen molar-refractivity contribution in [2.24, 2.45) is 0 Å². The van der Waals surface area contributed by atoms with E-state index in [9.17, 15) is 4.79 Å². The number of benzene rings is 2. The maximum atomic E-state index is 11.7. The summed E-state index contributed by atoms with van der Waals surface area (Å²) in [4.78, 5) is 16.4. The summed E-state index contributed by atoms with van der Waals surface area (Å²) in [6, 6.07) is 18.3. The molecule has 0 unspecified atom stereocenters. The lowest BCUT2D eigenvalue weighted by atomic mass is 10.2. The minimum Gasteiger partial charge on any atom is -0.468 e. The van der Waals surface area contributed by atoms with E-state index in [0.29, 0.717) is 11.7 Å². The fraction of sp³-hybridized carbons (Fsp3) is 0.200. The van der Waals surface area contributed by atoms with Gasteiger partial charge in [-0.3, -0.25) is 4.79 Å². The number of esters is 1. The summed E-state index contributed by atoms with van der Waals surface area (Å²) in [6.45, 7) is 2.45. The molecular formula is C20H18N4O2S. The zero-order valence-corrected chi connectivity index (χ0v) is 15.8. The maximum Gasteiger partial charge on any atom is 0.318 e. The smallest absolute Gasteiger partial charge is 0.318 e. The van der Waals surface area contributed by atoms with E-state index in [1.165, 1.54) is 24.4 Å². The largest absolute Gasteiger partial charge is 0.468 e. The number of thioether (sulfide) groups is 1. The predicted molar refractivity (Wildman–Crippen MR) is 106 cm³/mol. The Morgan fingerprint density at radius 1 is 1.11 bits per heavy atom. The summed E-state index contributed by atoms with van der Waals surface area (Å²) in [5.74, 6) is -0.312. The van der Waals surface area contributed by atoms with E-state index in [1.807, 2.05) is 36.4 Å². The van der Waals surface area contributed by atoms with E-state index in [4.69, 9.17) is 9.72 Å². The zero-order valence-electron chi connectivity index (χ0n) is 15.0. The van der Waals surface area contributed by atoms with Crippen LogP contribution in [0.4, 0.5) is 0 Å². The topological polar surface area (TPSA) is 69.9 Å². The minimum atomic E-state index is -0.402. The van der Waals surface area contributed by atoms with Crippen LogP contribution < -0.4 is 0 Å². The number of rotatable bonds is 5. The summed E-state index contributed by atoms with van der Waals surface area (Å²) in [7, 11) is 1.37. The van der Waals surface area contributed by atoms with E-state index in [2.05, 4.69) is 33.0 Å². The molecular weight excluding hydrogens is 360 g/mol. The molecule has 4 rings (SSSR count). The molecule has 0 saturated carbocycles. The Morgan fingerprint density at radius 2 is 1.85 bits per heavy atom. The van der Waals surface area contributed by atoms with Gasteiger partial charge in [-0.05, 0) is 18.6 Å². The van der Waals surface area contributed by atoms with Gasteiger partial charge < -0.3 is 9.30 Å². The summed E-state index contributed by atoms with van der Waals surface area (Å²) >= 11 is 1.24. The van der Waals surface area contributed by atoms with Crippen molar-refractivity contribution in [3.63, 3.8) is 0 Å². The van der Waals surface area contributed by atoms with Gasteiger partial charge in [0, 0.05) is 11.9 Å². The van der Waals surface area contributed by atoms with Crippen molar-refractivity contribution < 1.29 is 9.53 Å². The Hall–Kier alpha value is -2.93. The van der Waals surface area contributed by atoms with Crippen LogP contribution in [0, 0.1) is 0 Å². The van der Waals surface area contributed by atoms with Gasteiger partial charge >= 0.3 is 5.97 Å². The maximum absolute atomic E-state index is 11.7. The number of para-hydroxylation sites is 1. The lowest BCUT2D eigenvalue weighted by Gasteiger charge is -2.09. The molecule has 0 fully saturated rings. The number of hydrogen-bond acceptors (Lipinski definition) is 6. The molecule has 0 aliphatic heterocycles. The third-order valence-electron chi connectivity index (χ3n) is 4.35. The van der Waals surface area contributed by atoms with Crippen molar-refractivity contribution in [2.45, 2.75) is 23.9 Å². The second kappa shape index (κ2) is 7.36. The van der Waals surface area contributed by atoms with E-state index in [1.54, 1.807) is 6.92 Å². The Balaban J connectivity index is 1.82. The molecule has 7 heteroatoms. The fourth-order valence-corrected chi connectivity index (χ4v) is 3.77. The molecule has 0 bridgehead atoms. The van der Waals surface area contributed by atoms with Gasteiger partial charge in [-0.2, -0.15) is 0 Å². The minimum absolute atomic E-state index is 0.312. The van der Waals surface area contributed by atoms with Crippen LogP contribution in [0.3, 0.4) is 0 Å². The number of methoxy groups -OCH3 is 1. The molecule has 2 aromatic carbocycles. The predicted octanol–water partition coefficient (Wildman–Crippen LogP) is 3.68. The monoisotopic (exact) mass is 378 g/mol. The van der Waals surface area contributed by atoms with Gasteiger partial charge in [-0.25, -0.2) is 4.98 Å². The molecule has 2 heterocycles. The van der Waals surface area contributed by atoms with E-state index in [0.717, 1.165) is 22.1 Å². The van der Waals surface area contributed by atoms with Crippen LogP contribution in [0.5, 0.6) is 0 Å². The van der Waals surface area contributed by atoms with Crippen LogP contribution >= 0.6 is 11.8 Å². The first-order valence-electron chi connectivity index (χ1n) is 8.57. The molecule has 2 aromatic heterocycles. The van der Waals surface area contributed by atoms with Gasteiger partial charge in [-0.15, -0.1) is 10.2 Å². The summed E-state index contributed by atoms with van der Waals surface area (Å²) in [6.07, 6.45) is 0. The van der Waals surface area contributed by atoms with Crippen LogP contribution in [0.15, 0.2) is 59.8 Å². The van der Waals surface area contributed by atoms with Crippen molar-refractivity contribution in [3.05, 3.63) is 60.2 Å². The van der Waals surface area contributed by atoms with Crippen molar-refractivity contribution in [2.75, 3.05) is 7.11 Å². The van der Waals surface area contributed by atoms with Gasteiger partial charge in [0.25, 0.3) is 0 Å². The van der Waals surface area contributed by atoms with Gasteiger partial charge in [0.2, 0.25) is 5.16 Å². The standard InChI is InChI=1S/C20H18N4O2S/c1-13(19(25)26-2)27-20-21-18-17(22-23-20)15-10-6-7-11-16(15)24(18)12-14-8-4-3-5-9-14/h3-11,13H,12H2,1-2H3/t13-/m1/s1. The zero-order chi connectivity index (χ0) is 18.8. The number of hydrogen-bond donors (Lipinski definition) is 0. The van der Waals surface area contributed by atoms with Crippen LogP contribution in [0.25, 0.3) is 22.1 Å². The van der Waals surface area contributed by atoms with Crippen LogP contribution in [-0.2, 0) is 16.1 Å². The number of carbonyl (C=O) groups excluding carboxylic acids is 1. The average molecular weight is 378 g/mol. The van der Waals surface area contributed by atoms with Crippen molar-refractivity contribution in [1.82, 2.24) is 19.7 Å². The Morgan fingerprint density at radius 3 is 2.63 bits per heavy atom. The molecule has 0 radical (unpaired) electrons. The average Bonchev–Trinajstić information content (AvgIpc) is 3.01. The molecule has 1 atom stereocenters. The van der Waals surface area contributed by atoms with Gasteiger partial charge in [-0.1, -0.05) is 60.3 Å².